The first-order chi connectivity index (χ1) is 10.3. The number of carbonyl (C=O) groups excluding carboxylic acids is 1. The second kappa shape index (κ2) is 5.32. The third-order valence-corrected chi connectivity index (χ3v) is 7.09. The highest BCUT2D eigenvalue weighted by molar-refractivity contribution is 9.10. The van der Waals surface area contributed by atoms with E-state index in [1.807, 2.05) is 19.1 Å². The molecule has 0 saturated heterocycles. The fourth-order valence-corrected chi connectivity index (χ4v) is 5.74. The van der Waals surface area contributed by atoms with Gasteiger partial charge < -0.3 is 0 Å². The normalized spacial score (nSPS) is 20.9. The standard InChI is InChI=1S/C17H15BrO3S/c1-12-6-8-14(9-7-12)22(20,21)11-17(18)10-13-4-2-3-5-15(13)16(17)19/h2-9H,10-11H2,1H3/t17-/m1/s1. The van der Waals surface area contributed by atoms with Gasteiger partial charge in [-0.3, -0.25) is 4.79 Å². The largest absolute Gasteiger partial charge is 0.293 e. The lowest BCUT2D eigenvalue weighted by Crippen LogP contribution is -2.37. The number of halogens is 1. The first-order valence-electron chi connectivity index (χ1n) is 6.93. The quantitative estimate of drug-likeness (QED) is 0.769. The highest BCUT2D eigenvalue weighted by Crippen LogP contribution is 2.38. The van der Waals surface area contributed by atoms with E-state index in [9.17, 15) is 13.2 Å². The fraction of sp³-hybridized carbons (Fsp3) is 0.235. The van der Waals surface area contributed by atoms with Gasteiger partial charge in [0.05, 0.1) is 10.6 Å². The van der Waals surface area contributed by atoms with Gasteiger partial charge in [-0.2, -0.15) is 0 Å². The zero-order valence-electron chi connectivity index (χ0n) is 12.0. The fourth-order valence-electron chi connectivity index (χ4n) is 2.77. The minimum absolute atomic E-state index is 0.154. The number of Topliss-reactive ketones (excluding diaryl/α,β-unsaturated/α-hetero) is 1. The zero-order chi connectivity index (χ0) is 16.0. The third kappa shape index (κ3) is 2.63. The second-order valence-corrected chi connectivity index (χ2v) is 9.21. The number of ketones is 1. The molecular formula is C17H15BrO3S. The van der Waals surface area contributed by atoms with Crippen LogP contribution in [-0.4, -0.2) is 24.3 Å². The molecule has 2 aromatic rings. The summed E-state index contributed by atoms with van der Waals surface area (Å²) in [6.07, 6.45) is 0.396. The summed E-state index contributed by atoms with van der Waals surface area (Å²) >= 11 is 3.41. The van der Waals surface area contributed by atoms with Crippen LogP contribution in [0.5, 0.6) is 0 Å². The average molecular weight is 379 g/mol. The predicted molar refractivity (Wildman–Crippen MR) is 89.4 cm³/mol. The van der Waals surface area contributed by atoms with Crippen molar-refractivity contribution in [1.29, 1.82) is 0 Å². The number of benzene rings is 2. The molecule has 5 heteroatoms. The molecule has 0 spiro atoms. The first kappa shape index (κ1) is 15.4. The second-order valence-electron chi connectivity index (χ2n) is 5.70. The number of aryl methyl sites for hydroxylation is 1. The van der Waals surface area contributed by atoms with Gasteiger partial charge in [0.2, 0.25) is 0 Å². The number of hydrogen-bond acceptors (Lipinski definition) is 3. The summed E-state index contributed by atoms with van der Waals surface area (Å²) in [6, 6.07) is 14.0. The van der Waals surface area contributed by atoms with Crippen LogP contribution < -0.4 is 0 Å². The lowest BCUT2D eigenvalue weighted by atomic mass is 10.1. The van der Waals surface area contributed by atoms with Gasteiger partial charge in [0, 0.05) is 5.56 Å². The van der Waals surface area contributed by atoms with E-state index >= 15 is 0 Å². The smallest absolute Gasteiger partial charge is 0.181 e. The van der Waals surface area contributed by atoms with Crippen molar-refractivity contribution in [1.82, 2.24) is 0 Å². The molecule has 0 unspecified atom stereocenters. The Hall–Kier alpha value is -1.46. The van der Waals surface area contributed by atoms with Crippen molar-refractivity contribution in [3.8, 4) is 0 Å². The van der Waals surface area contributed by atoms with E-state index in [1.54, 1.807) is 36.4 Å². The lowest BCUT2D eigenvalue weighted by Gasteiger charge is -2.19. The van der Waals surface area contributed by atoms with Crippen LogP contribution in [0.4, 0.5) is 0 Å². The Kier molecular flexibility index (Phi) is 3.73. The summed E-state index contributed by atoms with van der Waals surface area (Å²) < 4.78 is 24.2. The molecule has 0 radical (unpaired) electrons. The summed E-state index contributed by atoms with van der Waals surface area (Å²) in [4.78, 5) is 12.8. The van der Waals surface area contributed by atoms with E-state index in [1.165, 1.54) is 0 Å². The van der Waals surface area contributed by atoms with Gasteiger partial charge in [-0.15, -0.1) is 0 Å². The molecule has 22 heavy (non-hydrogen) atoms. The molecule has 0 N–H and O–H groups in total. The van der Waals surface area contributed by atoms with Crippen molar-refractivity contribution in [3.63, 3.8) is 0 Å². The Balaban J connectivity index is 1.93. The molecule has 0 heterocycles. The van der Waals surface area contributed by atoms with Gasteiger partial charge in [-0.25, -0.2) is 8.42 Å². The molecule has 114 valence electrons. The number of sulfone groups is 1. The summed E-state index contributed by atoms with van der Waals surface area (Å²) in [5.41, 5.74) is 2.50. The monoisotopic (exact) mass is 378 g/mol. The van der Waals surface area contributed by atoms with E-state index in [0.29, 0.717) is 12.0 Å². The maximum Gasteiger partial charge on any atom is 0.181 e. The van der Waals surface area contributed by atoms with E-state index in [0.717, 1.165) is 11.1 Å². The molecule has 0 bridgehead atoms. The zero-order valence-corrected chi connectivity index (χ0v) is 14.4. The van der Waals surface area contributed by atoms with Gasteiger partial charge in [0.15, 0.2) is 15.6 Å². The van der Waals surface area contributed by atoms with Gasteiger partial charge in [0.25, 0.3) is 0 Å². The van der Waals surface area contributed by atoms with Crippen molar-refractivity contribution in [2.45, 2.75) is 22.6 Å². The molecule has 0 aromatic heterocycles. The Morgan fingerprint density at radius 1 is 1.09 bits per heavy atom. The molecule has 2 aromatic carbocycles. The van der Waals surface area contributed by atoms with Crippen molar-refractivity contribution < 1.29 is 13.2 Å². The molecule has 1 aliphatic carbocycles. The van der Waals surface area contributed by atoms with Crippen LogP contribution in [0, 0.1) is 6.92 Å². The predicted octanol–water partition coefficient (Wildman–Crippen LogP) is 3.34. The van der Waals surface area contributed by atoms with Crippen LogP contribution in [0.1, 0.15) is 21.5 Å². The van der Waals surface area contributed by atoms with Gasteiger partial charge in [0.1, 0.15) is 4.32 Å². The van der Waals surface area contributed by atoms with Gasteiger partial charge in [-0.1, -0.05) is 57.9 Å². The number of hydrogen-bond donors (Lipinski definition) is 0. The van der Waals surface area contributed by atoms with Gasteiger partial charge in [-0.05, 0) is 31.0 Å². The highest BCUT2D eigenvalue weighted by Gasteiger charge is 2.46. The molecule has 1 aliphatic rings. The highest BCUT2D eigenvalue weighted by atomic mass is 79.9. The van der Waals surface area contributed by atoms with E-state index in [2.05, 4.69) is 15.9 Å². The van der Waals surface area contributed by atoms with Crippen molar-refractivity contribution >= 4 is 31.6 Å². The van der Waals surface area contributed by atoms with E-state index in [-0.39, 0.29) is 16.4 Å². The molecule has 1 atom stereocenters. The van der Waals surface area contributed by atoms with Crippen molar-refractivity contribution in [2.75, 3.05) is 5.75 Å². The van der Waals surface area contributed by atoms with Gasteiger partial charge >= 0.3 is 0 Å². The Morgan fingerprint density at radius 2 is 1.73 bits per heavy atom. The van der Waals surface area contributed by atoms with Crippen LogP contribution >= 0.6 is 15.9 Å². The number of alkyl halides is 1. The minimum atomic E-state index is -3.54. The third-order valence-electron chi connectivity index (χ3n) is 3.94. The first-order valence-corrected chi connectivity index (χ1v) is 9.37. The van der Waals surface area contributed by atoms with E-state index in [4.69, 9.17) is 0 Å². The van der Waals surface area contributed by atoms with Crippen molar-refractivity contribution in [3.05, 3.63) is 65.2 Å². The molecular weight excluding hydrogens is 364 g/mol. The SMILES string of the molecule is Cc1ccc(S(=O)(=O)C[C@]2(Br)Cc3ccccc3C2=O)cc1. The molecule has 3 nitrogen and oxygen atoms in total. The van der Waals surface area contributed by atoms with E-state index < -0.39 is 14.2 Å². The lowest BCUT2D eigenvalue weighted by molar-refractivity contribution is 0.0969. The Labute approximate surface area is 138 Å². The van der Waals surface area contributed by atoms with Crippen LogP contribution in [0.2, 0.25) is 0 Å². The maximum absolute atomic E-state index is 12.6. The molecule has 3 rings (SSSR count). The van der Waals surface area contributed by atoms with Crippen LogP contribution in [0.25, 0.3) is 0 Å². The summed E-state index contributed by atoms with van der Waals surface area (Å²) in [5.74, 6) is -0.393. The van der Waals surface area contributed by atoms with Crippen LogP contribution in [0.3, 0.4) is 0 Å². The Bertz CT molecular complexity index is 840. The molecule has 0 fully saturated rings. The summed E-state index contributed by atoms with van der Waals surface area (Å²) in [5, 5.41) is 0. The molecule has 0 saturated carbocycles. The molecule has 0 amide bonds. The van der Waals surface area contributed by atoms with Crippen LogP contribution in [0.15, 0.2) is 53.4 Å². The number of fused-ring (bicyclic) bond motifs is 1. The summed E-state index contributed by atoms with van der Waals surface area (Å²) in [7, 11) is -3.54. The average Bonchev–Trinajstić information content (AvgIpc) is 2.70. The number of rotatable bonds is 3. The summed E-state index contributed by atoms with van der Waals surface area (Å²) in [6.45, 7) is 1.90. The molecule has 0 aliphatic heterocycles. The topological polar surface area (TPSA) is 51.2 Å². The maximum atomic E-state index is 12.6. The minimum Gasteiger partial charge on any atom is -0.293 e. The Morgan fingerprint density at radius 3 is 2.36 bits per heavy atom. The number of carbonyl (C=O) groups is 1. The van der Waals surface area contributed by atoms with Crippen LogP contribution in [-0.2, 0) is 16.3 Å². The van der Waals surface area contributed by atoms with Crippen molar-refractivity contribution in [2.24, 2.45) is 0 Å².